The predicted octanol–water partition coefficient (Wildman–Crippen LogP) is 2.82. The van der Waals surface area contributed by atoms with Crippen molar-refractivity contribution in [1.82, 2.24) is 15.2 Å². The number of alkyl halides is 2. The molecule has 2 aliphatic rings. The number of thiazole rings is 1. The summed E-state index contributed by atoms with van der Waals surface area (Å²) < 4.78 is 55.8. The molecule has 180 valence electrons. The highest BCUT2D eigenvalue weighted by Gasteiger charge is 2.50. The Morgan fingerprint density at radius 2 is 2.00 bits per heavy atom. The summed E-state index contributed by atoms with van der Waals surface area (Å²) in [6, 6.07) is 1.28. The monoisotopic (exact) mass is 498 g/mol. The molecule has 3 heterocycles. The van der Waals surface area contributed by atoms with E-state index in [9.17, 15) is 37.4 Å². The fourth-order valence-electron chi connectivity index (χ4n) is 4.21. The minimum atomic E-state index is -3.28. The quantitative estimate of drug-likeness (QED) is 0.525. The molecular formula is C21H18F4N4O4S. The Labute approximate surface area is 194 Å². The highest BCUT2D eigenvalue weighted by atomic mass is 32.1. The largest absolute Gasteiger partial charge is 0.480 e. The Morgan fingerprint density at radius 1 is 1.26 bits per heavy atom. The molecule has 1 fully saturated rings. The molecule has 0 unspecified atom stereocenters. The second kappa shape index (κ2) is 8.47. The lowest BCUT2D eigenvalue weighted by Gasteiger charge is -2.35. The second-order valence-electron chi connectivity index (χ2n) is 8.10. The molecule has 0 spiro atoms. The summed E-state index contributed by atoms with van der Waals surface area (Å²) in [5.41, 5.74) is -2.30. The van der Waals surface area contributed by atoms with Crippen molar-refractivity contribution in [3.8, 4) is 0 Å². The van der Waals surface area contributed by atoms with E-state index in [1.165, 1.54) is 19.2 Å². The van der Waals surface area contributed by atoms with Crippen LogP contribution in [0.1, 0.15) is 23.9 Å². The Bertz CT molecular complexity index is 1220. The molecule has 2 aliphatic heterocycles. The maximum absolute atomic E-state index is 14.1. The molecule has 34 heavy (non-hydrogen) atoms. The van der Waals surface area contributed by atoms with Crippen LogP contribution in [0.25, 0.3) is 0 Å². The molecule has 3 N–H and O–H groups in total. The molecule has 4 rings (SSSR count). The van der Waals surface area contributed by atoms with Gasteiger partial charge in [0.1, 0.15) is 11.6 Å². The topological polar surface area (TPSA) is 115 Å². The van der Waals surface area contributed by atoms with Crippen molar-refractivity contribution in [3.05, 3.63) is 63.3 Å². The van der Waals surface area contributed by atoms with Gasteiger partial charge in [0.2, 0.25) is 0 Å². The second-order valence-corrected chi connectivity index (χ2v) is 9.00. The van der Waals surface area contributed by atoms with Crippen LogP contribution in [0.5, 0.6) is 0 Å². The lowest BCUT2D eigenvalue weighted by molar-refractivity contribution is -0.142. The number of nitrogens with zero attached hydrogens (tertiary/aromatic N) is 3. The zero-order valence-electron chi connectivity index (χ0n) is 17.6. The van der Waals surface area contributed by atoms with E-state index in [0.29, 0.717) is 5.01 Å². The van der Waals surface area contributed by atoms with E-state index in [4.69, 9.17) is 0 Å². The first-order valence-corrected chi connectivity index (χ1v) is 10.8. The number of likely N-dealkylation sites (tertiary alicyclic amines) is 1. The van der Waals surface area contributed by atoms with Crippen molar-refractivity contribution in [2.24, 2.45) is 4.99 Å². The van der Waals surface area contributed by atoms with Crippen molar-refractivity contribution in [3.63, 3.8) is 0 Å². The third-order valence-corrected chi connectivity index (χ3v) is 6.52. The highest BCUT2D eigenvalue weighted by molar-refractivity contribution is 7.11. The Kier molecular flexibility index (Phi) is 5.94. The highest BCUT2D eigenvalue weighted by Crippen LogP contribution is 2.40. The van der Waals surface area contributed by atoms with E-state index >= 15 is 0 Å². The molecule has 8 nitrogen and oxygen atoms in total. The summed E-state index contributed by atoms with van der Waals surface area (Å²) in [4.78, 5) is 33.5. The smallest absolute Gasteiger partial charge is 0.336 e. The molecule has 1 aromatic carbocycles. The fraction of sp³-hybridized carbons (Fsp3) is 0.333. The number of hydrogen-bond acceptors (Lipinski definition) is 7. The van der Waals surface area contributed by atoms with Crippen LogP contribution in [0.3, 0.4) is 0 Å². The van der Waals surface area contributed by atoms with Gasteiger partial charge in [0.15, 0.2) is 22.5 Å². The Morgan fingerprint density at radius 3 is 2.59 bits per heavy atom. The van der Waals surface area contributed by atoms with Crippen LogP contribution in [0.4, 0.5) is 17.6 Å². The molecule has 2 atom stereocenters. The standard InChI is InChI=1S/C21H18F4N4O4S/c1-20(10-2-3-11(22)12(23)6-10)15(19(32)33)13(27-16(28-20)17-26-4-5-34-17)8-29-9-21(24,25)7-14(29)18(30)31/h2-6,14H,7-9H2,1H3,(H,27,28)(H,30,31)(H,32,33)/t14-,20-/m0/s1. The van der Waals surface area contributed by atoms with E-state index in [0.717, 1.165) is 28.4 Å². The van der Waals surface area contributed by atoms with Crippen molar-refractivity contribution in [2.45, 2.75) is 30.8 Å². The van der Waals surface area contributed by atoms with Crippen molar-refractivity contribution in [2.75, 3.05) is 13.1 Å². The van der Waals surface area contributed by atoms with Gasteiger partial charge in [-0.3, -0.25) is 9.69 Å². The summed E-state index contributed by atoms with van der Waals surface area (Å²) >= 11 is 1.15. The van der Waals surface area contributed by atoms with Crippen LogP contribution < -0.4 is 5.32 Å². The summed E-state index contributed by atoms with van der Waals surface area (Å²) in [7, 11) is 0. The van der Waals surface area contributed by atoms with E-state index < -0.39 is 66.2 Å². The van der Waals surface area contributed by atoms with Gasteiger partial charge in [-0.2, -0.15) is 0 Å². The first-order valence-electron chi connectivity index (χ1n) is 9.95. The van der Waals surface area contributed by atoms with Gasteiger partial charge in [-0.05, 0) is 24.6 Å². The average Bonchev–Trinajstić information content (AvgIpc) is 3.37. The fourth-order valence-corrected chi connectivity index (χ4v) is 4.79. The number of halogens is 4. The molecule has 13 heteroatoms. The number of amidine groups is 1. The van der Waals surface area contributed by atoms with Gasteiger partial charge in [-0.25, -0.2) is 32.3 Å². The summed E-state index contributed by atoms with van der Waals surface area (Å²) in [5, 5.41) is 24.3. The SMILES string of the molecule is C[C@@]1(c2ccc(F)c(F)c2)N=C(c2nccs2)NC(CN2CC(F)(F)C[C@H]2C(=O)O)=C1C(=O)O. The van der Waals surface area contributed by atoms with Crippen LogP contribution in [0.2, 0.25) is 0 Å². The van der Waals surface area contributed by atoms with E-state index in [-0.39, 0.29) is 17.1 Å². The first kappa shape index (κ1) is 23.8. The lowest BCUT2D eigenvalue weighted by Crippen LogP contribution is -2.46. The minimum Gasteiger partial charge on any atom is -0.480 e. The van der Waals surface area contributed by atoms with Crippen LogP contribution in [-0.2, 0) is 15.1 Å². The zero-order valence-corrected chi connectivity index (χ0v) is 18.4. The number of aromatic nitrogens is 1. The molecule has 1 saturated heterocycles. The molecule has 0 saturated carbocycles. The van der Waals surface area contributed by atoms with E-state index in [1.54, 1.807) is 5.38 Å². The summed E-state index contributed by atoms with van der Waals surface area (Å²) in [6.07, 6.45) is 0.544. The number of aliphatic imine (C=N–C) groups is 1. The van der Waals surface area contributed by atoms with Crippen LogP contribution in [0.15, 0.2) is 46.0 Å². The van der Waals surface area contributed by atoms with Gasteiger partial charge < -0.3 is 15.5 Å². The van der Waals surface area contributed by atoms with Crippen LogP contribution in [0, 0.1) is 11.6 Å². The van der Waals surface area contributed by atoms with Crippen molar-refractivity contribution < 1.29 is 37.4 Å². The third kappa shape index (κ3) is 4.28. The third-order valence-electron chi connectivity index (χ3n) is 5.74. The molecule has 0 aliphatic carbocycles. The van der Waals surface area contributed by atoms with Gasteiger partial charge in [0.05, 0.1) is 12.1 Å². The maximum atomic E-state index is 14.1. The van der Waals surface area contributed by atoms with Gasteiger partial charge in [-0.1, -0.05) is 6.07 Å². The van der Waals surface area contributed by atoms with Gasteiger partial charge in [0.25, 0.3) is 5.92 Å². The number of aliphatic carboxylic acids is 2. The van der Waals surface area contributed by atoms with Gasteiger partial charge in [-0.15, -0.1) is 11.3 Å². The number of benzene rings is 1. The summed E-state index contributed by atoms with van der Waals surface area (Å²) in [6.45, 7) is -0.0175. The average molecular weight is 498 g/mol. The number of nitrogens with one attached hydrogen (secondary N) is 1. The number of rotatable bonds is 6. The van der Waals surface area contributed by atoms with Crippen LogP contribution in [-0.4, -0.2) is 62.9 Å². The van der Waals surface area contributed by atoms with E-state index in [1.807, 2.05) is 0 Å². The van der Waals surface area contributed by atoms with Gasteiger partial charge >= 0.3 is 11.9 Å². The normalized spacial score (nSPS) is 24.6. The van der Waals surface area contributed by atoms with Crippen LogP contribution >= 0.6 is 11.3 Å². The molecule has 0 bridgehead atoms. The van der Waals surface area contributed by atoms with Crippen molar-refractivity contribution >= 4 is 29.1 Å². The molecular weight excluding hydrogens is 480 g/mol. The number of carboxylic acid groups (broad SMARTS) is 2. The van der Waals surface area contributed by atoms with E-state index in [2.05, 4.69) is 15.3 Å². The maximum Gasteiger partial charge on any atom is 0.336 e. The number of carbonyl (C=O) groups is 2. The molecule has 1 aromatic heterocycles. The van der Waals surface area contributed by atoms with Gasteiger partial charge in [0, 0.05) is 30.2 Å². The molecule has 2 aromatic rings. The Hall–Kier alpha value is -3.32. The minimum absolute atomic E-state index is 0.00149. The summed E-state index contributed by atoms with van der Waals surface area (Å²) in [5.74, 6) is -8.52. The zero-order chi connectivity index (χ0) is 24.8. The predicted molar refractivity (Wildman–Crippen MR) is 113 cm³/mol. The Balaban J connectivity index is 1.87. The number of carboxylic acids is 2. The first-order chi connectivity index (χ1) is 15.9. The molecule has 0 amide bonds. The lowest BCUT2D eigenvalue weighted by atomic mass is 9.82. The number of hydrogen-bond donors (Lipinski definition) is 3. The van der Waals surface area contributed by atoms with Crippen molar-refractivity contribution in [1.29, 1.82) is 0 Å². The molecule has 0 radical (unpaired) electrons.